The molecule has 1 aromatic carbocycles. The molecule has 1 saturated heterocycles. The number of hydrogen-bond donors (Lipinski definition) is 1. The SMILES string of the molecule is COCCOc1cc(C(=O)N(C(C)C)C2CCNC2)nc2c(OCC3CCCCC3)cccc12. The fourth-order valence-electron chi connectivity index (χ4n) is 5.16. The molecule has 7 heteroatoms. The Bertz CT molecular complexity index is 952. The van der Waals surface area contributed by atoms with Gasteiger partial charge < -0.3 is 24.4 Å². The minimum atomic E-state index is -0.0655. The first kappa shape index (κ1) is 24.7. The molecule has 4 rings (SSSR count). The highest BCUT2D eigenvalue weighted by Crippen LogP contribution is 2.34. The zero-order chi connectivity index (χ0) is 23.9. The van der Waals surface area contributed by atoms with Gasteiger partial charge in [0, 0.05) is 37.2 Å². The van der Waals surface area contributed by atoms with E-state index in [0.29, 0.717) is 48.4 Å². The van der Waals surface area contributed by atoms with Crippen molar-refractivity contribution < 1.29 is 19.0 Å². The fourth-order valence-corrected chi connectivity index (χ4v) is 5.16. The van der Waals surface area contributed by atoms with E-state index in [2.05, 4.69) is 19.2 Å². The quantitative estimate of drug-likeness (QED) is 0.519. The van der Waals surface area contributed by atoms with Crippen molar-refractivity contribution in [2.24, 2.45) is 5.92 Å². The number of amides is 1. The molecule has 1 unspecified atom stereocenters. The van der Waals surface area contributed by atoms with Crippen molar-refractivity contribution in [3.63, 3.8) is 0 Å². The maximum Gasteiger partial charge on any atom is 0.273 e. The standard InChI is InChI=1S/C27H39N3O4/c1-19(2)30(21-12-13-28-17-21)27(31)23-16-25(33-15-14-32-3)22-10-7-11-24(26(22)29-23)34-18-20-8-5-4-6-9-20/h7,10-11,16,19-21,28H,4-6,8-9,12-15,17-18H2,1-3H3. The maximum atomic E-state index is 13.7. The van der Waals surface area contributed by atoms with Crippen LogP contribution in [0.1, 0.15) is 62.9 Å². The maximum absolute atomic E-state index is 13.7. The van der Waals surface area contributed by atoms with Crippen molar-refractivity contribution in [2.75, 3.05) is 40.0 Å². The van der Waals surface area contributed by atoms with Gasteiger partial charge in [0.05, 0.1) is 13.2 Å². The summed E-state index contributed by atoms with van der Waals surface area (Å²) in [6.45, 7) is 7.41. The number of benzene rings is 1. The van der Waals surface area contributed by atoms with Gasteiger partial charge in [0.15, 0.2) is 0 Å². The van der Waals surface area contributed by atoms with Crippen molar-refractivity contribution in [1.82, 2.24) is 15.2 Å². The molecule has 1 saturated carbocycles. The van der Waals surface area contributed by atoms with Crippen LogP contribution < -0.4 is 14.8 Å². The predicted molar refractivity (Wildman–Crippen MR) is 134 cm³/mol. The highest BCUT2D eigenvalue weighted by atomic mass is 16.5. The van der Waals surface area contributed by atoms with E-state index in [1.165, 1.54) is 32.1 Å². The van der Waals surface area contributed by atoms with Gasteiger partial charge in [-0.2, -0.15) is 0 Å². The van der Waals surface area contributed by atoms with Crippen molar-refractivity contribution in [3.8, 4) is 11.5 Å². The summed E-state index contributed by atoms with van der Waals surface area (Å²) >= 11 is 0. The zero-order valence-electron chi connectivity index (χ0n) is 20.8. The third-order valence-corrected chi connectivity index (χ3v) is 6.95. The first-order chi connectivity index (χ1) is 16.6. The van der Waals surface area contributed by atoms with Crippen LogP contribution in [-0.2, 0) is 4.74 Å². The summed E-state index contributed by atoms with van der Waals surface area (Å²) in [7, 11) is 1.65. The van der Waals surface area contributed by atoms with Gasteiger partial charge in [-0.15, -0.1) is 0 Å². The Hall–Kier alpha value is -2.38. The summed E-state index contributed by atoms with van der Waals surface area (Å²) in [6.07, 6.45) is 7.25. The molecule has 1 aliphatic carbocycles. The smallest absolute Gasteiger partial charge is 0.273 e. The molecule has 0 radical (unpaired) electrons. The monoisotopic (exact) mass is 469 g/mol. The van der Waals surface area contributed by atoms with Crippen molar-refractivity contribution in [2.45, 2.75) is 64.5 Å². The number of hydrogen-bond acceptors (Lipinski definition) is 6. The van der Waals surface area contributed by atoms with E-state index in [1.807, 2.05) is 23.1 Å². The molecule has 1 N–H and O–H groups in total. The van der Waals surface area contributed by atoms with E-state index in [-0.39, 0.29) is 18.0 Å². The number of aromatic nitrogens is 1. The van der Waals surface area contributed by atoms with E-state index < -0.39 is 0 Å². The number of pyridine rings is 1. The third kappa shape index (κ3) is 5.81. The molecular weight excluding hydrogens is 430 g/mol. The largest absolute Gasteiger partial charge is 0.491 e. The van der Waals surface area contributed by atoms with Crippen molar-refractivity contribution >= 4 is 16.8 Å². The number of nitrogens with one attached hydrogen (secondary N) is 1. The normalized spacial score (nSPS) is 19.0. The Morgan fingerprint density at radius 1 is 1.12 bits per heavy atom. The fraction of sp³-hybridized carbons (Fsp3) is 0.630. The summed E-state index contributed by atoms with van der Waals surface area (Å²) in [5.74, 6) is 1.87. The molecule has 0 bridgehead atoms. The van der Waals surface area contributed by atoms with Crippen LogP contribution in [0.15, 0.2) is 24.3 Å². The third-order valence-electron chi connectivity index (χ3n) is 6.95. The molecule has 2 fully saturated rings. The Morgan fingerprint density at radius 3 is 2.65 bits per heavy atom. The average molecular weight is 470 g/mol. The molecule has 1 aliphatic heterocycles. The Balaban J connectivity index is 1.68. The Morgan fingerprint density at radius 2 is 1.94 bits per heavy atom. The van der Waals surface area contributed by atoms with E-state index in [0.717, 1.165) is 24.9 Å². The second-order valence-corrected chi connectivity index (χ2v) is 9.77. The van der Waals surface area contributed by atoms with Gasteiger partial charge in [0.2, 0.25) is 0 Å². The Kier molecular flexibility index (Phi) is 8.62. The van der Waals surface area contributed by atoms with Crippen molar-refractivity contribution in [1.29, 1.82) is 0 Å². The van der Waals surface area contributed by atoms with Gasteiger partial charge in [-0.3, -0.25) is 4.79 Å². The number of rotatable bonds is 10. The highest BCUT2D eigenvalue weighted by molar-refractivity contribution is 5.98. The molecular formula is C27H39N3O4. The van der Waals surface area contributed by atoms with Crippen LogP contribution >= 0.6 is 0 Å². The molecule has 34 heavy (non-hydrogen) atoms. The number of para-hydroxylation sites is 1. The van der Waals surface area contributed by atoms with E-state index >= 15 is 0 Å². The van der Waals surface area contributed by atoms with E-state index in [9.17, 15) is 4.79 Å². The molecule has 2 aromatic rings. The molecule has 1 atom stereocenters. The van der Waals surface area contributed by atoms with Crippen LogP contribution in [0.2, 0.25) is 0 Å². The second-order valence-electron chi connectivity index (χ2n) is 9.77. The topological polar surface area (TPSA) is 72.9 Å². The highest BCUT2D eigenvalue weighted by Gasteiger charge is 2.31. The number of carbonyl (C=O) groups excluding carboxylic acids is 1. The van der Waals surface area contributed by atoms with Gasteiger partial charge in [-0.05, 0) is 57.7 Å². The van der Waals surface area contributed by atoms with E-state index in [1.54, 1.807) is 13.2 Å². The minimum Gasteiger partial charge on any atom is -0.491 e. The number of ether oxygens (including phenoxy) is 3. The van der Waals surface area contributed by atoms with Gasteiger partial charge >= 0.3 is 0 Å². The first-order valence-corrected chi connectivity index (χ1v) is 12.8. The average Bonchev–Trinajstić information content (AvgIpc) is 3.37. The first-order valence-electron chi connectivity index (χ1n) is 12.8. The number of methoxy groups -OCH3 is 1. The lowest BCUT2D eigenvalue weighted by Crippen LogP contribution is -2.46. The van der Waals surface area contributed by atoms with Crippen LogP contribution in [0.4, 0.5) is 0 Å². The molecule has 186 valence electrons. The summed E-state index contributed by atoms with van der Waals surface area (Å²) in [6, 6.07) is 7.92. The van der Waals surface area contributed by atoms with Gasteiger partial charge in [-0.1, -0.05) is 25.3 Å². The van der Waals surface area contributed by atoms with Crippen LogP contribution in [0, 0.1) is 5.92 Å². The molecule has 2 aliphatic rings. The lowest BCUT2D eigenvalue weighted by atomic mass is 9.90. The van der Waals surface area contributed by atoms with Crippen LogP contribution in [0.5, 0.6) is 11.5 Å². The minimum absolute atomic E-state index is 0.0655. The molecule has 1 amide bonds. The zero-order valence-corrected chi connectivity index (χ0v) is 20.8. The summed E-state index contributed by atoms with van der Waals surface area (Å²) in [4.78, 5) is 20.5. The summed E-state index contributed by atoms with van der Waals surface area (Å²) in [5.41, 5.74) is 1.08. The second kappa shape index (κ2) is 11.8. The van der Waals surface area contributed by atoms with Crippen LogP contribution in [0.3, 0.4) is 0 Å². The van der Waals surface area contributed by atoms with Gasteiger partial charge in [-0.25, -0.2) is 4.98 Å². The number of nitrogens with zero attached hydrogens (tertiary/aromatic N) is 2. The summed E-state index contributed by atoms with van der Waals surface area (Å²) in [5, 5.41) is 4.23. The number of fused-ring (bicyclic) bond motifs is 1. The number of carbonyl (C=O) groups is 1. The molecule has 0 spiro atoms. The van der Waals surface area contributed by atoms with Crippen LogP contribution in [0.25, 0.3) is 10.9 Å². The summed E-state index contributed by atoms with van der Waals surface area (Å²) < 4.78 is 17.5. The Labute approximate surface area is 203 Å². The van der Waals surface area contributed by atoms with Gasteiger partial charge in [0.25, 0.3) is 5.91 Å². The van der Waals surface area contributed by atoms with Gasteiger partial charge in [0.1, 0.15) is 29.3 Å². The molecule has 1 aromatic heterocycles. The lowest BCUT2D eigenvalue weighted by Gasteiger charge is -2.32. The van der Waals surface area contributed by atoms with Crippen molar-refractivity contribution in [3.05, 3.63) is 30.0 Å². The van der Waals surface area contributed by atoms with Crippen LogP contribution in [-0.4, -0.2) is 67.9 Å². The lowest BCUT2D eigenvalue weighted by molar-refractivity contribution is 0.0620. The van der Waals surface area contributed by atoms with E-state index in [4.69, 9.17) is 19.2 Å². The molecule has 7 nitrogen and oxygen atoms in total. The molecule has 2 heterocycles. The predicted octanol–water partition coefficient (Wildman–Crippen LogP) is 4.43.